The third-order valence-electron chi connectivity index (χ3n) is 3.58. The van der Waals surface area contributed by atoms with Gasteiger partial charge in [0.25, 0.3) is 0 Å². The molecule has 0 aliphatic carbocycles. The number of alkyl halides is 3. The van der Waals surface area contributed by atoms with E-state index >= 15 is 0 Å². The van der Waals surface area contributed by atoms with Crippen LogP contribution >= 0.6 is 0 Å². The van der Waals surface area contributed by atoms with Gasteiger partial charge in [-0.15, -0.1) is 0 Å². The normalized spacial score (nSPS) is 21.4. The van der Waals surface area contributed by atoms with Crippen molar-refractivity contribution in [1.82, 2.24) is 9.88 Å². The molecule has 3 nitrogen and oxygen atoms in total. The minimum Gasteiger partial charge on any atom is -0.355 e. The monoisotopic (exact) mass is 273 g/mol. The molecule has 19 heavy (non-hydrogen) atoms. The summed E-state index contributed by atoms with van der Waals surface area (Å²) in [5.74, 6) is 0.591. The average Bonchev–Trinajstić information content (AvgIpc) is 2.37. The largest absolute Gasteiger partial charge is 0.417 e. The maximum absolute atomic E-state index is 12.5. The molecule has 1 aliphatic rings. The summed E-state index contributed by atoms with van der Waals surface area (Å²) >= 11 is 0. The zero-order valence-corrected chi connectivity index (χ0v) is 11.1. The van der Waals surface area contributed by atoms with Crippen LogP contribution in [0.2, 0.25) is 0 Å². The molecular formula is C13H18F3N3. The Hall–Kier alpha value is -1.30. The summed E-state index contributed by atoms with van der Waals surface area (Å²) in [5.41, 5.74) is -0.703. The van der Waals surface area contributed by atoms with Crippen LogP contribution in [0.3, 0.4) is 0 Å². The van der Waals surface area contributed by atoms with Crippen LogP contribution in [0.4, 0.5) is 19.0 Å². The van der Waals surface area contributed by atoms with Gasteiger partial charge in [0, 0.05) is 25.8 Å². The Labute approximate surface area is 111 Å². The van der Waals surface area contributed by atoms with E-state index in [-0.39, 0.29) is 0 Å². The van der Waals surface area contributed by atoms with Crippen LogP contribution in [0, 0.1) is 0 Å². The highest BCUT2D eigenvalue weighted by Crippen LogP contribution is 2.29. The van der Waals surface area contributed by atoms with Crippen molar-refractivity contribution >= 4 is 5.82 Å². The molecule has 1 aliphatic heterocycles. The molecule has 0 radical (unpaired) electrons. The molecule has 0 N–H and O–H groups in total. The van der Waals surface area contributed by atoms with Crippen molar-refractivity contribution in [2.24, 2.45) is 0 Å². The number of hydrogen-bond donors (Lipinski definition) is 0. The highest BCUT2D eigenvalue weighted by Gasteiger charge is 2.31. The Morgan fingerprint density at radius 1 is 1.37 bits per heavy atom. The summed E-state index contributed by atoms with van der Waals surface area (Å²) in [6.07, 6.45) is -1.27. The Morgan fingerprint density at radius 3 is 2.63 bits per heavy atom. The molecule has 1 aromatic heterocycles. The topological polar surface area (TPSA) is 19.4 Å². The van der Waals surface area contributed by atoms with Gasteiger partial charge in [0.2, 0.25) is 0 Å². The first-order valence-corrected chi connectivity index (χ1v) is 6.32. The first-order valence-electron chi connectivity index (χ1n) is 6.32. The second-order valence-corrected chi connectivity index (χ2v) is 5.07. The third kappa shape index (κ3) is 3.37. The number of piperidine rings is 1. The van der Waals surface area contributed by atoms with E-state index in [4.69, 9.17) is 0 Å². The minimum atomic E-state index is -4.32. The molecule has 2 heterocycles. The molecule has 0 saturated carbocycles. The zero-order valence-electron chi connectivity index (χ0n) is 11.1. The predicted molar refractivity (Wildman–Crippen MR) is 68.2 cm³/mol. The van der Waals surface area contributed by atoms with E-state index in [1.807, 2.05) is 11.9 Å². The van der Waals surface area contributed by atoms with Crippen molar-refractivity contribution < 1.29 is 13.2 Å². The summed E-state index contributed by atoms with van der Waals surface area (Å²) in [4.78, 5) is 8.13. The second kappa shape index (κ2) is 5.36. The Balaban J connectivity index is 2.09. The molecule has 1 unspecified atom stereocenters. The number of halogens is 3. The Morgan fingerprint density at radius 2 is 2.11 bits per heavy atom. The second-order valence-electron chi connectivity index (χ2n) is 5.07. The predicted octanol–water partition coefficient (Wildman–Crippen LogP) is 2.63. The number of pyridine rings is 1. The number of likely N-dealkylation sites (tertiary alicyclic amines) is 1. The van der Waals surface area contributed by atoms with Crippen LogP contribution in [0.25, 0.3) is 0 Å². The Bertz CT molecular complexity index is 416. The van der Waals surface area contributed by atoms with Gasteiger partial charge in [-0.2, -0.15) is 13.2 Å². The lowest BCUT2D eigenvalue weighted by Crippen LogP contribution is -2.45. The molecule has 106 valence electrons. The van der Waals surface area contributed by atoms with Gasteiger partial charge in [0.1, 0.15) is 5.82 Å². The van der Waals surface area contributed by atoms with Gasteiger partial charge in [-0.25, -0.2) is 4.98 Å². The van der Waals surface area contributed by atoms with Crippen molar-refractivity contribution in [3.8, 4) is 0 Å². The molecule has 1 atom stereocenters. The SMILES string of the molecule is CN1CCCC(N(C)c2ccc(C(F)(F)F)cn2)C1. The van der Waals surface area contributed by atoms with E-state index < -0.39 is 11.7 Å². The molecule has 0 bridgehead atoms. The van der Waals surface area contributed by atoms with E-state index in [1.54, 1.807) is 0 Å². The van der Waals surface area contributed by atoms with Gasteiger partial charge in [-0.3, -0.25) is 0 Å². The summed E-state index contributed by atoms with van der Waals surface area (Å²) in [6.45, 7) is 1.99. The molecule has 0 aromatic carbocycles. The third-order valence-corrected chi connectivity index (χ3v) is 3.58. The van der Waals surface area contributed by atoms with E-state index in [0.29, 0.717) is 11.9 Å². The maximum Gasteiger partial charge on any atom is 0.417 e. The van der Waals surface area contributed by atoms with Crippen LogP contribution in [-0.4, -0.2) is 43.1 Å². The molecule has 2 rings (SSSR count). The lowest BCUT2D eigenvalue weighted by molar-refractivity contribution is -0.137. The lowest BCUT2D eigenvalue weighted by Gasteiger charge is -2.36. The van der Waals surface area contributed by atoms with Crippen LogP contribution < -0.4 is 4.90 Å². The molecular weight excluding hydrogens is 255 g/mol. The van der Waals surface area contributed by atoms with E-state index in [2.05, 4.69) is 16.9 Å². The fourth-order valence-electron chi connectivity index (χ4n) is 2.40. The number of hydrogen-bond acceptors (Lipinski definition) is 3. The number of likely N-dealkylation sites (N-methyl/N-ethyl adjacent to an activating group) is 2. The lowest BCUT2D eigenvalue weighted by atomic mass is 10.1. The van der Waals surface area contributed by atoms with Gasteiger partial charge in [-0.05, 0) is 38.6 Å². The van der Waals surface area contributed by atoms with Crippen LogP contribution in [0.1, 0.15) is 18.4 Å². The zero-order chi connectivity index (χ0) is 14.0. The smallest absolute Gasteiger partial charge is 0.355 e. The standard InChI is InChI=1S/C13H18F3N3/c1-18-7-3-4-11(9-18)19(2)12-6-5-10(8-17-12)13(14,15)16/h5-6,8,11H,3-4,7,9H2,1-2H3. The van der Waals surface area contributed by atoms with Gasteiger partial charge in [0.05, 0.1) is 5.56 Å². The highest BCUT2D eigenvalue weighted by atomic mass is 19.4. The molecule has 0 amide bonds. The van der Waals surface area contributed by atoms with E-state index in [0.717, 1.165) is 38.2 Å². The van der Waals surface area contributed by atoms with Crippen molar-refractivity contribution in [3.05, 3.63) is 23.9 Å². The number of aromatic nitrogens is 1. The minimum absolute atomic E-state index is 0.308. The highest BCUT2D eigenvalue weighted by molar-refractivity contribution is 5.40. The van der Waals surface area contributed by atoms with Crippen LogP contribution in [-0.2, 0) is 6.18 Å². The number of nitrogens with zero attached hydrogens (tertiary/aromatic N) is 3. The summed E-state index contributed by atoms with van der Waals surface area (Å²) in [7, 11) is 3.94. The molecule has 1 fully saturated rings. The number of anilines is 1. The van der Waals surface area contributed by atoms with E-state index in [1.165, 1.54) is 6.07 Å². The van der Waals surface area contributed by atoms with Crippen LogP contribution in [0.5, 0.6) is 0 Å². The number of rotatable bonds is 2. The summed E-state index contributed by atoms with van der Waals surface area (Å²) in [5, 5.41) is 0. The van der Waals surface area contributed by atoms with E-state index in [9.17, 15) is 13.2 Å². The molecule has 1 aromatic rings. The van der Waals surface area contributed by atoms with Gasteiger partial charge in [0.15, 0.2) is 0 Å². The van der Waals surface area contributed by atoms with Gasteiger partial charge < -0.3 is 9.80 Å². The first-order chi connectivity index (χ1) is 8.88. The quantitative estimate of drug-likeness (QED) is 0.825. The molecule has 0 spiro atoms. The average molecular weight is 273 g/mol. The van der Waals surface area contributed by atoms with Crippen molar-refractivity contribution in [3.63, 3.8) is 0 Å². The fourth-order valence-corrected chi connectivity index (χ4v) is 2.40. The summed E-state index contributed by atoms with van der Waals surface area (Å²) in [6, 6.07) is 2.84. The fraction of sp³-hybridized carbons (Fsp3) is 0.615. The Kier molecular flexibility index (Phi) is 3.99. The van der Waals surface area contributed by atoms with Crippen LogP contribution in [0.15, 0.2) is 18.3 Å². The van der Waals surface area contributed by atoms with Crippen molar-refractivity contribution in [2.45, 2.75) is 25.1 Å². The first kappa shape index (κ1) is 14.1. The van der Waals surface area contributed by atoms with Gasteiger partial charge >= 0.3 is 6.18 Å². The summed E-state index contributed by atoms with van der Waals surface area (Å²) < 4.78 is 37.4. The molecule has 6 heteroatoms. The van der Waals surface area contributed by atoms with Crippen molar-refractivity contribution in [1.29, 1.82) is 0 Å². The van der Waals surface area contributed by atoms with Gasteiger partial charge in [-0.1, -0.05) is 0 Å². The van der Waals surface area contributed by atoms with Crippen molar-refractivity contribution in [2.75, 3.05) is 32.1 Å². The maximum atomic E-state index is 12.5. The molecule has 1 saturated heterocycles.